The van der Waals surface area contributed by atoms with Crippen LogP contribution in [0.1, 0.15) is 36.4 Å². The molecule has 2 bridgehead atoms. The van der Waals surface area contributed by atoms with Gasteiger partial charge in [-0.3, -0.25) is 0 Å². The molecule has 136 valence electrons. The molecule has 4 nitrogen and oxygen atoms in total. The van der Waals surface area contributed by atoms with Crippen molar-refractivity contribution < 1.29 is 9.47 Å². The molecule has 0 saturated carbocycles. The van der Waals surface area contributed by atoms with Gasteiger partial charge in [-0.2, -0.15) is 0 Å². The van der Waals surface area contributed by atoms with Gasteiger partial charge in [-0.15, -0.1) is 0 Å². The van der Waals surface area contributed by atoms with E-state index in [2.05, 4.69) is 59.4 Å². The van der Waals surface area contributed by atoms with Gasteiger partial charge in [-0.25, -0.2) is 0 Å². The second kappa shape index (κ2) is 7.06. The third-order valence-corrected chi connectivity index (χ3v) is 8.30. The minimum atomic E-state index is 0.164. The predicted molar refractivity (Wildman–Crippen MR) is 102 cm³/mol. The van der Waals surface area contributed by atoms with Crippen LogP contribution in [-0.2, 0) is 9.47 Å². The second-order valence-corrected chi connectivity index (χ2v) is 9.52. The fraction of sp³-hybridized carbons (Fsp3) is 0.476. The molecule has 1 aliphatic carbocycles. The molecule has 3 aliphatic heterocycles. The number of hydrogen-bond acceptors (Lipinski definition) is 4. The molecule has 26 heavy (non-hydrogen) atoms. The summed E-state index contributed by atoms with van der Waals surface area (Å²) in [4.78, 5) is 7.06. The molecule has 5 heteroatoms. The van der Waals surface area contributed by atoms with Crippen molar-refractivity contribution in [3.05, 3.63) is 59.9 Å². The number of pyridine rings is 1. The first-order valence-corrected chi connectivity index (χ1v) is 11.6. The Hall–Kier alpha value is -1.23. The maximum absolute atomic E-state index is 6.36. The molecule has 5 atom stereocenters. The van der Waals surface area contributed by atoms with E-state index in [1.165, 1.54) is 20.9 Å². The van der Waals surface area contributed by atoms with Crippen molar-refractivity contribution in [1.29, 1.82) is 0 Å². The van der Waals surface area contributed by atoms with Crippen LogP contribution in [0.3, 0.4) is 0 Å². The number of piperidine rings is 1. The first-order valence-electron chi connectivity index (χ1n) is 9.49. The van der Waals surface area contributed by atoms with Crippen molar-refractivity contribution in [3.63, 3.8) is 0 Å². The number of benzene rings is 1. The van der Waals surface area contributed by atoms with Gasteiger partial charge in [0.1, 0.15) is 0 Å². The van der Waals surface area contributed by atoms with Crippen LogP contribution in [0, 0.1) is 0 Å². The van der Waals surface area contributed by atoms with Gasteiger partial charge >= 0.3 is 161 Å². The average molecular weight is 415 g/mol. The van der Waals surface area contributed by atoms with E-state index in [1.807, 2.05) is 6.20 Å². The van der Waals surface area contributed by atoms with Crippen LogP contribution < -0.4 is 4.46 Å². The molecule has 1 aromatic heterocycles. The van der Waals surface area contributed by atoms with Crippen LogP contribution in [0.2, 0.25) is 5.32 Å². The van der Waals surface area contributed by atoms with Gasteiger partial charge in [0.25, 0.3) is 0 Å². The summed E-state index contributed by atoms with van der Waals surface area (Å²) < 4.78 is 14.0. The number of hydrogen-bond donors (Lipinski definition) is 0. The Morgan fingerprint density at radius 2 is 2.12 bits per heavy atom. The predicted octanol–water partition coefficient (Wildman–Crippen LogP) is 2.50. The molecule has 6 rings (SSSR count). The van der Waals surface area contributed by atoms with Crippen LogP contribution in [0.25, 0.3) is 0 Å². The normalized spacial score (nSPS) is 32.4. The van der Waals surface area contributed by atoms with Gasteiger partial charge in [0.05, 0.1) is 0 Å². The van der Waals surface area contributed by atoms with Gasteiger partial charge in [0, 0.05) is 0 Å². The summed E-state index contributed by atoms with van der Waals surface area (Å²) in [7, 11) is 0. The summed E-state index contributed by atoms with van der Waals surface area (Å²) in [6.45, 7) is 3.70. The van der Waals surface area contributed by atoms with Crippen molar-refractivity contribution in [1.82, 2.24) is 9.88 Å². The summed E-state index contributed by atoms with van der Waals surface area (Å²) >= 11 is 0.484. The summed E-state index contributed by atoms with van der Waals surface area (Å²) in [6, 6.07) is 13.9. The molecule has 0 unspecified atom stereocenters. The van der Waals surface area contributed by atoms with Gasteiger partial charge in [0.15, 0.2) is 0 Å². The monoisotopic (exact) mass is 416 g/mol. The Bertz CT molecular complexity index is 772. The first-order chi connectivity index (χ1) is 12.9. The van der Waals surface area contributed by atoms with Crippen molar-refractivity contribution in [2.45, 2.75) is 49.0 Å². The molecule has 2 saturated heterocycles. The van der Waals surface area contributed by atoms with Crippen LogP contribution in [0.5, 0.6) is 0 Å². The quantitative estimate of drug-likeness (QED) is 0.703. The Morgan fingerprint density at radius 3 is 2.96 bits per heavy atom. The van der Waals surface area contributed by atoms with Crippen molar-refractivity contribution in [2.75, 3.05) is 13.2 Å². The number of aromatic nitrogens is 1. The molecular weight excluding hydrogens is 391 g/mol. The summed E-state index contributed by atoms with van der Waals surface area (Å²) in [6.07, 6.45) is 5.48. The van der Waals surface area contributed by atoms with Gasteiger partial charge in [-0.1, -0.05) is 0 Å². The van der Waals surface area contributed by atoms with E-state index >= 15 is 0 Å². The molecule has 2 aromatic rings. The molecular formula is C21H24N2O2Se. The van der Waals surface area contributed by atoms with E-state index in [1.54, 1.807) is 0 Å². The van der Waals surface area contributed by atoms with Crippen molar-refractivity contribution in [3.8, 4) is 0 Å². The molecule has 4 aliphatic rings. The van der Waals surface area contributed by atoms with Gasteiger partial charge < -0.3 is 0 Å². The summed E-state index contributed by atoms with van der Waals surface area (Å²) in [5.74, 6) is 0.312. The first kappa shape index (κ1) is 16.9. The van der Waals surface area contributed by atoms with Crippen molar-refractivity contribution >= 4 is 19.4 Å². The molecule has 0 spiro atoms. The number of nitrogens with zero attached hydrogens (tertiary/aromatic N) is 2. The maximum atomic E-state index is 6.36. The van der Waals surface area contributed by atoms with Crippen LogP contribution in [-0.4, -0.2) is 56.4 Å². The van der Waals surface area contributed by atoms with Gasteiger partial charge in [-0.05, 0) is 0 Å². The summed E-state index contributed by atoms with van der Waals surface area (Å²) in [5, 5.41) is 1.20. The molecule has 0 N–H and O–H groups in total. The number of fused-ring (bicyclic) bond motifs is 1. The van der Waals surface area contributed by atoms with E-state index in [4.69, 9.17) is 9.47 Å². The fourth-order valence-electron chi connectivity index (χ4n) is 4.85. The molecule has 0 amide bonds. The topological polar surface area (TPSA) is 34.6 Å². The SMILES string of the molecule is CCO[C@@H]1C[C@@H]2c3cnccc3[C@H]1[C@@H]1OC[C@@H](C[Se]c3ccccc3)N21. The van der Waals surface area contributed by atoms with E-state index in [-0.39, 0.29) is 12.3 Å². The zero-order valence-electron chi connectivity index (χ0n) is 15.0. The Labute approximate surface area is 161 Å². The molecule has 4 heterocycles. The standard InChI is InChI=1S/C21H24N2O2Se/c1-2-24-19-10-18-17-11-22-9-8-16(17)20(19)21-23(18)14(12-25-21)13-26-15-6-4-3-5-7-15/h3-9,11,14,18-21H,2,10,12-13H2,1H3/t14-,18+,19+,20+,21-/m0/s1. The Kier molecular flexibility index (Phi) is 4.59. The van der Waals surface area contributed by atoms with E-state index in [0.29, 0.717) is 33.0 Å². The van der Waals surface area contributed by atoms with Crippen molar-refractivity contribution in [2.24, 2.45) is 0 Å². The molecule has 2 fully saturated rings. The molecule has 0 radical (unpaired) electrons. The Balaban J connectivity index is 1.41. The minimum absolute atomic E-state index is 0.164. The van der Waals surface area contributed by atoms with E-state index in [0.717, 1.165) is 19.6 Å². The fourth-order valence-corrected chi connectivity index (χ4v) is 6.96. The third-order valence-electron chi connectivity index (χ3n) is 5.87. The molecule has 1 aromatic carbocycles. The second-order valence-electron chi connectivity index (χ2n) is 7.22. The Morgan fingerprint density at radius 1 is 1.23 bits per heavy atom. The zero-order chi connectivity index (χ0) is 17.5. The van der Waals surface area contributed by atoms with Crippen LogP contribution in [0.4, 0.5) is 0 Å². The van der Waals surface area contributed by atoms with E-state index in [9.17, 15) is 0 Å². The van der Waals surface area contributed by atoms with E-state index < -0.39 is 0 Å². The van der Waals surface area contributed by atoms with Gasteiger partial charge in [0.2, 0.25) is 0 Å². The summed E-state index contributed by atoms with van der Waals surface area (Å²) in [5.41, 5.74) is 2.79. The number of rotatable bonds is 5. The van der Waals surface area contributed by atoms with Crippen LogP contribution >= 0.6 is 0 Å². The number of ether oxygens (including phenoxy) is 2. The third kappa shape index (κ3) is 2.74. The zero-order valence-corrected chi connectivity index (χ0v) is 16.7. The average Bonchev–Trinajstić information content (AvgIpc) is 3.13. The van der Waals surface area contributed by atoms with Crippen LogP contribution in [0.15, 0.2) is 48.8 Å².